The fraction of sp³-hybridized carbons (Fsp3) is 0.125. The van der Waals surface area contributed by atoms with Crippen LogP contribution in [0, 0.1) is 6.92 Å². The number of rotatable bonds is 3. The van der Waals surface area contributed by atoms with E-state index in [0.29, 0.717) is 21.8 Å². The molecular weight excluding hydrogens is 314 g/mol. The molecule has 7 heteroatoms. The molecule has 0 saturated heterocycles. The van der Waals surface area contributed by atoms with Gasteiger partial charge in [-0.05, 0) is 31.2 Å². The van der Waals surface area contributed by atoms with Crippen molar-refractivity contribution in [1.29, 1.82) is 0 Å². The number of phenols is 2. The molecule has 2 aromatic heterocycles. The lowest BCUT2D eigenvalue weighted by Gasteiger charge is -2.06. The lowest BCUT2D eigenvalue weighted by atomic mass is 10.1. The van der Waals surface area contributed by atoms with Crippen molar-refractivity contribution in [2.45, 2.75) is 6.92 Å². The van der Waals surface area contributed by atoms with Crippen molar-refractivity contribution in [3.63, 3.8) is 0 Å². The predicted octanol–water partition coefficient (Wildman–Crippen LogP) is 2.94. The van der Waals surface area contributed by atoms with Crippen LogP contribution in [0.2, 0.25) is 0 Å². The summed E-state index contributed by atoms with van der Waals surface area (Å²) in [7, 11) is 1.68. The quantitative estimate of drug-likeness (QED) is 0.725. The molecule has 2 N–H and O–H groups in total. The highest BCUT2D eigenvalue weighted by Gasteiger charge is 2.12. The van der Waals surface area contributed by atoms with Crippen molar-refractivity contribution in [1.82, 2.24) is 4.68 Å². The molecular formula is C16H15N3O3S. The molecule has 3 aromatic rings. The number of hydrogen-bond acceptors (Lipinski definition) is 6. The Morgan fingerprint density at radius 3 is 2.70 bits per heavy atom. The summed E-state index contributed by atoms with van der Waals surface area (Å²) in [5, 5.41) is 25.8. The van der Waals surface area contributed by atoms with Crippen LogP contribution in [0.1, 0.15) is 11.5 Å². The molecule has 2 heterocycles. The first-order chi connectivity index (χ1) is 11.1. The second-order valence-corrected chi connectivity index (χ2v) is 5.67. The Hall–Kier alpha value is -2.80. The molecule has 0 bridgehead atoms. The Kier molecular flexibility index (Phi) is 4.03. The van der Waals surface area contributed by atoms with Crippen LogP contribution in [0.5, 0.6) is 11.5 Å². The Morgan fingerprint density at radius 1 is 1.22 bits per heavy atom. The minimum atomic E-state index is -0.0248. The van der Waals surface area contributed by atoms with Crippen LogP contribution in [0.15, 0.2) is 50.2 Å². The number of nitrogens with zero attached hydrogens (tertiary/aromatic N) is 3. The van der Waals surface area contributed by atoms with Gasteiger partial charge >= 0.3 is 0 Å². The zero-order valence-corrected chi connectivity index (χ0v) is 13.4. The lowest BCUT2D eigenvalue weighted by Crippen LogP contribution is -2.11. The summed E-state index contributed by atoms with van der Waals surface area (Å²) in [6.45, 7) is 1.86. The highest BCUT2D eigenvalue weighted by molar-refractivity contribution is 7.07. The van der Waals surface area contributed by atoms with Gasteiger partial charge in [0.25, 0.3) is 0 Å². The molecule has 118 valence electrons. The summed E-state index contributed by atoms with van der Waals surface area (Å²) in [5.74, 6) is 1.41. The van der Waals surface area contributed by atoms with E-state index in [0.717, 1.165) is 5.76 Å². The maximum atomic E-state index is 10.1. The summed E-state index contributed by atoms with van der Waals surface area (Å²) < 4.78 is 7.09. The lowest BCUT2D eigenvalue weighted by molar-refractivity contribution is 0.451. The Bertz CT molecular complexity index is 934. The van der Waals surface area contributed by atoms with Gasteiger partial charge in [-0.1, -0.05) is 0 Å². The van der Waals surface area contributed by atoms with Crippen LogP contribution in [-0.4, -0.2) is 28.2 Å². The van der Waals surface area contributed by atoms with Gasteiger partial charge in [0.15, 0.2) is 0 Å². The fourth-order valence-electron chi connectivity index (χ4n) is 2.12. The van der Waals surface area contributed by atoms with E-state index < -0.39 is 0 Å². The number of phenolic OH excluding ortho intramolecular Hbond substituents is 2. The third kappa shape index (κ3) is 3.04. The standard InChI is InChI=1S/C16H15N3O3S/c1-10-3-5-12(22-10)8-18-19-14(9-23-16(19)17-2)13-6-4-11(20)7-15(13)21/h3-9,20-21H,1-2H3/b17-16?,18-8+. The van der Waals surface area contributed by atoms with E-state index in [4.69, 9.17) is 4.42 Å². The van der Waals surface area contributed by atoms with Gasteiger partial charge in [0.1, 0.15) is 23.0 Å². The van der Waals surface area contributed by atoms with Gasteiger partial charge < -0.3 is 14.6 Å². The topological polar surface area (TPSA) is 83.3 Å². The average molecular weight is 329 g/mol. The summed E-state index contributed by atoms with van der Waals surface area (Å²) >= 11 is 1.40. The van der Waals surface area contributed by atoms with Gasteiger partial charge in [-0.15, -0.1) is 11.3 Å². The highest BCUT2D eigenvalue weighted by Crippen LogP contribution is 2.32. The molecule has 0 unspecified atom stereocenters. The van der Waals surface area contributed by atoms with Crippen LogP contribution < -0.4 is 4.80 Å². The first kappa shape index (κ1) is 15.1. The minimum Gasteiger partial charge on any atom is -0.508 e. The maximum absolute atomic E-state index is 10.1. The number of thiazole rings is 1. The van der Waals surface area contributed by atoms with Crippen LogP contribution >= 0.6 is 11.3 Å². The van der Waals surface area contributed by atoms with E-state index in [1.807, 2.05) is 24.4 Å². The third-order valence-corrected chi connectivity index (χ3v) is 4.10. The molecule has 0 radical (unpaired) electrons. The SMILES string of the molecule is CN=c1scc(-c2ccc(O)cc2O)n1/N=C/c1ccc(C)o1. The second kappa shape index (κ2) is 6.13. The molecule has 1 aromatic carbocycles. The largest absolute Gasteiger partial charge is 0.508 e. The van der Waals surface area contributed by atoms with Crippen molar-refractivity contribution < 1.29 is 14.6 Å². The number of aromatic nitrogens is 1. The second-order valence-electron chi connectivity index (χ2n) is 4.83. The average Bonchev–Trinajstić information content (AvgIpc) is 3.11. The number of aryl methyl sites for hydroxylation is 1. The smallest absolute Gasteiger partial charge is 0.205 e. The van der Waals surface area contributed by atoms with Gasteiger partial charge in [-0.2, -0.15) is 5.10 Å². The summed E-state index contributed by atoms with van der Waals surface area (Å²) in [5.41, 5.74) is 1.23. The number of aromatic hydroxyl groups is 2. The first-order valence-electron chi connectivity index (χ1n) is 6.85. The highest BCUT2D eigenvalue weighted by atomic mass is 32.1. The van der Waals surface area contributed by atoms with Gasteiger partial charge in [0.2, 0.25) is 4.80 Å². The van der Waals surface area contributed by atoms with Crippen molar-refractivity contribution >= 4 is 17.6 Å². The summed E-state index contributed by atoms with van der Waals surface area (Å²) in [6, 6.07) is 8.12. The van der Waals surface area contributed by atoms with Crippen LogP contribution in [0.25, 0.3) is 11.3 Å². The van der Waals surface area contributed by atoms with Crippen molar-refractivity contribution in [3.05, 3.63) is 52.0 Å². The van der Waals surface area contributed by atoms with E-state index >= 15 is 0 Å². The molecule has 0 amide bonds. The van der Waals surface area contributed by atoms with Crippen molar-refractivity contribution in [2.75, 3.05) is 7.05 Å². The monoisotopic (exact) mass is 329 g/mol. The molecule has 0 atom stereocenters. The third-order valence-electron chi connectivity index (χ3n) is 3.20. The predicted molar refractivity (Wildman–Crippen MR) is 89.0 cm³/mol. The van der Waals surface area contributed by atoms with Gasteiger partial charge in [0, 0.05) is 24.1 Å². The van der Waals surface area contributed by atoms with Crippen LogP contribution in [0.3, 0.4) is 0 Å². The van der Waals surface area contributed by atoms with Crippen LogP contribution in [0.4, 0.5) is 0 Å². The Balaban J connectivity index is 2.09. The van der Waals surface area contributed by atoms with E-state index in [-0.39, 0.29) is 11.5 Å². The van der Waals surface area contributed by atoms with Crippen molar-refractivity contribution in [2.24, 2.45) is 10.1 Å². The summed E-state index contributed by atoms with van der Waals surface area (Å²) in [4.78, 5) is 4.86. The van der Waals surface area contributed by atoms with E-state index in [1.165, 1.54) is 23.5 Å². The molecule has 0 spiro atoms. The van der Waals surface area contributed by atoms with E-state index in [1.54, 1.807) is 24.0 Å². The number of furan rings is 1. The van der Waals surface area contributed by atoms with Crippen molar-refractivity contribution in [3.8, 4) is 22.8 Å². The molecule has 0 aliphatic carbocycles. The van der Waals surface area contributed by atoms with Crippen LogP contribution in [-0.2, 0) is 0 Å². The van der Waals surface area contributed by atoms with Gasteiger partial charge in [-0.3, -0.25) is 4.99 Å². The Labute approximate surface area is 136 Å². The van der Waals surface area contributed by atoms with E-state index in [2.05, 4.69) is 10.1 Å². The molecule has 0 aliphatic rings. The number of hydrogen-bond donors (Lipinski definition) is 2. The molecule has 6 nitrogen and oxygen atoms in total. The molecule has 0 fully saturated rings. The van der Waals surface area contributed by atoms with Gasteiger partial charge in [0.05, 0.1) is 11.9 Å². The maximum Gasteiger partial charge on any atom is 0.205 e. The van der Waals surface area contributed by atoms with Gasteiger partial charge in [-0.25, -0.2) is 4.68 Å². The normalized spacial score (nSPS) is 12.3. The molecule has 23 heavy (non-hydrogen) atoms. The Morgan fingerprint density at radius 2 is 2.04 bits per heavy atom. The molecule has 0 saturated carbocycles. The molecule has 0 aliphatic heterocycles. The number of benzene rings is 1. The summed E-state index contributed by atoms with van der Waals surface area (Å²) in [6.07, 6.45) is 1.59. The first-order valence-corrected chi connectivity index (χ1v) is 7.73. The van der Waals surface area contributed by atoms with E-state index in [9.17, 15) is 10.2 Å². The zero-order chi connectivity index (χ0) is 16.4. The fourth-order valence-corrected chi connectivity index (χ4v) is 2.92. The molecule has 3 rings (SSSR count). The zero-order valence-electron chi connectivity index (χ0n) is 12.6. The minimum absolute atomic E-state index is 0.00277.